The fourth-order valence-electron chi connectivity index (χ4n) is 2.98. The van der Waals surface area contributed by atoms with Gasteiger partial charge in [-0.15, -0.1) is 0 Å². The zero-order valence-corrected chi connectivity index (χ0v) is 12.8. The molecule has 2 N–H and O–H groups in total. The maximum absolute atomic E-state index is 12.7. The highest BCUT2D eigenvalue weighted by Crippen LogP contribution is 2.40. The lowest BCUT2D eigenvalue weighted by Crippen LogP contribution is -2.27. The van der Waals surface area contributed by atoms with Crippen molar-refractivity contribution >= 4 is 11.9 Å². The number of allylic oxidation sites excluding steroid dienone is 1. The van der Waals surface area contributed by atoms with E-state index < -0.39 is 12.1 Å². The molecule has 1 aliphatic rings. The molecule has 1 heterocycles. The van der Waals surface area contributed by atoms with Crippen molar-refractivity contribution in [2.45, 2.75) is 38.8 Å². The molecule has 1 aromatic rings. The first-order valence-corrected chi connectivity index (χ1v) is 7.37. The van der Waals surface area contributed by atoms with Crippen LogP contribution in [-0.4, -0.2) is 18.3 Å². The highest BCUT2D eigenvalue weighted by Gasteiger charge is 2.40. The predicted molar refractivity (Wildman–Crippen MR) is 80.5 cm³/mol. The second-order valence-corrected chi connectivity index (χ2v) is 5.77. The number of anilines is 1. The van der Waals surface area contributed by atoms with E-state index in [1.165, 1.54) is 0 Å². The Bertz CT molecular complexity index is 547. The second kappa shape index (κ2) is 6.58. The molecule has 1 saturated carbocycles. The standard InChI is InChI=1S/C16H21F3N2O/c1-10-15(22-2)12(9-14(20)21-10)6-3-11-4-7-13(8-5-11)16(17,18)19/h3,6,9,11,13H,4-5,7-8H2,1-2H3,(H2,20,21)/b6-3+/t11-,13-. The van der Waals surface area contributed by atoms with E-state index in [-0.39, 0.29) is 18.8 Å². The van der Waals surface area contributed by atoms with Crippen molar-refractivity contribution in [3.8, 4) is 5.75 Å². The summed E-state index contributed by atoms with van der Waals surface area (Å²) in [5.74, 6) is 0.0664. The summed E-state index contributed by atoms with van der Waals surface area (Å²) in [5, 5.41) is 0. The van der Waals surface area contributed by atoms with Gasteiger partial charge in [-0.05, 0) is 44.6 Å². The summed E-state index contributed by atoms with van der Waals surface area (Å²) in [6.45, 7) is 1.81. The average Bonchev–Trinajstić information content (AvgIpc) is 2.44. The van der Waals surface area contributed by atoms with E-state index in [1.54, 1.807) is 20.1 Å². The molecule has 0 spiro atoms. The van der Waals surface area contributed by atoms with Gasteiger partial charge >= 0.3 is 6.18 Å². The normalized spacial score (nSPS) is 23.0. The van der Waals surface area contributed by atoms with E-state index in [0.717, 1.165) is 5.56 Å². The SMILES string of the molecule is COc1c(/C=C/[C@H]2CC[C@H](C(F)(F)F)CC2)cc(N)nc1C. The van der Waals surface area contributed by atoms with Crippen molar-refractivity contribution < 1.29 is 17.9 Å². The van der Waals surface area contributed by atoms with Gasteiger partial charge in [-0.25, -0.2) is 4.98 Å². The molecule has 0 bridgehead atoms. The van der Waals surface area contributed by atoms with Crippen LogP contribution in [0.15, 0.2) is 12.1 Å². The number of hydrogen-bond donors (Lipinski definition) is 1. The molecule has 6 heteroatoms. The first-order valence-electron chi connectivity index (χ1n) is 7.37. The predicted octanol–water partition coefficient (Wildman–Crippen LogP) is 4.36. The Hall–Kier alpha value is -1.72. The molecule has 0 radical (unpaired) electrons. The molecule has 3 nitrogen and oxygen atoms in total. The van der Waals surface area contributed by atoms with Crippen molar-refractivity contribution in [1.29, 1.82) is 0 Å². The highest BCUT2D eigenvalue weighted by molar-refractivity contribution is 5.62. The summed E-state index contributed by atoms with van der Waals surface area (Å²) in [7, 11) is 1.56. The molecule has 2 rings (SSSR count). The van der Waals surface area contributed by atoms with Crippen LogP contribution in [0.25, 0.3) is 6.08 Å². The lowest BCUT2D eigenvalue weighted by Gasteiger charge is -2.28. The molecule has 1 aliphatic carbocycles. The number of methoxy groups -OCH3 is 1. The third kappa shape index (κ3) is 3.93. The number of nitrogens with two attached hydrogens (primary N) is 1. The van der Waals surface area contributed by atoms with Crippen molar-refractivity contribution in [1.82, 2.24) is 4.98 Å². The Morgan fingerprint density at radius 1 is 1.27 bits per heavy atom. The molecular formula is C16H21F3N2O. The Labute approximate surface area is 128 Å². The number of alkyl halides is 3. The van der Waals surface area contributed by atoms with Crippen LogP contribution in [0, 0.1) is 18.8 Å². The number of halogens is 3. The maximum Gasteiger partial charge on any atom is 0.391 e. The third-order valence-electron chi connectivity index (χ3n) is 4.18. The minimum Gasteiger partial charge on any atom is -0.494 e. The minimum absolute atomic E-state index is 0.165. The molecule has 1 aromatic heterocycles. The topological polar surface area (TPSA) is 48.1 Å². The molecular weight excluding hydrogens is 293 g/mol. The fraction of sp³-hybridized carbons (Fsp3) is 0.562. The van der Waals surface area contributed by atoms with Crippen LogP contribution >= 0.6 is 0 Å². The minimum atomic E-state index is -4.06. The zero-order chi connectivity index (χ0) is 16.3. The molecule has 0 atom stereocenters. The van der Waals surface area contributed by atoms with Gasteiger partial charge in [-0.2, -0.15) is 13.2 Å². The summed E-state index contributed by atoms with van der Waals surface area (Å²) < 4.78 is 43.3. The highest BCUT2D eigenvalue weighted by atomic mass is 19.4. The van der Waals surface area contributed by atoms with Gasteiger partial charge in [0.15, 0.2) is 0 Å². The fourth-order valence-corrected chi connectivity index (χ4v) is 2.98. The molecule has 0 unspecified atom stereocenters. The summed E-state index contributed by atoms with van der Waals surface area (Å²) in [6.07, 6.45) is 1.30. The third-order valence-corrected chi connectivity index (χ3v) is 4.18. The van der Waals surface area contributed by atoms with Gasteiger partial charge in [0.05, 0.1) is 18.7 Å². The van der Waals surface area contributed by atoms with Crippen LogP contribution < -0.4 is 10.5 Å². The summed E-state index contributed by atoms with van der Waals surface area (Å²) in [6, 6.07) is 1.71. The number of nitrogens with zero attached hydrogens (tertiary/aromatic N) is 1. The van der Waals surface area contributed by atoms with Gasteiger partial charge in [-0.1, -0.05) is 12.2 Å². The number of aromatic nitrogens is 1. The monoisotopic (exact) mass is 314 g/mol. The largest absolute Gasteiger partial charge is 0.494 e. The summed E-state index contributed by atoms with van der Waals surface area (Å²) >= 11 is 0. The molecule has 0 aromatic carbocycles. The van der Waals surface area contributed by atoms with E-state index in [2.05, 4.69) is 4.98 Å². The van der Waals surface area contributed by atoms with Gasteiger partial charge in [-0.3, -0.25) is 0 Å². The lowest BCUT2D eigenvalue weighted by molar-refractivity contribution is -0.183. The maximum atomic E-state index is 12.7. The van der Waals surface area contributed by atoms with Crippen LogP contribution in [0.4, 0.5) is 19.0 Å². The van der Waals surface area contributed by atoms with Crippen LogP contribution in [0.5, 0.6) is 5.75 Å². The number of hydrogen-bond acceptors (Lipinski definition) is 3. The molecule has 122 valence electrons. The van der Waals surface area contributed by atoms with Crippen LogP contribution in [-0.2, 0) is 0 Å². The van der Waals surface area contributed by atoms with Gasteiger partial charge in [0.25, 0.3) is 0 Å². The zero-order valence-electron chi connectivity index (χ0n) is 12.8. The van der Waals surface area contributed by atoms with E-state index >= 15 is 0 Å². The van der Waals surface area contributed by atoms with Gasteiger partial charge in [0.2, 0.25) is 0 Å². The number of nitrogen functional groups attached to an aromatic ring is 1. The smallest absolute Gasteiger partial charge is 0.391 e. The molecule has 0 saturated heterocycles. The Kier molecular flexibility index (Phi) is 4.98. The average molecular weight is 314 g/mol. The first-order chi connectivity index (χ1) is 10.3. The van der Waals surface area contributed by atoms with Crippen molar-refractivity contribution in [3.63, 3.8) is 0 Å². The van der Waals surface area contributed by atoms with Crippen molar-refractivity contribution in [2.24, 2.45) is 11.8 Å². The number of aryl methyl sites for hydroxylation is 1. The Morgan fingerprint density at radius 2 is 1.91 bits per heavy atom. The van der Waals surface area contributed by atoms with Gasteiger partial charge < -0.3 is 10.5 Å². The number of pyridine rings is 1. The summed E-state index contributed by atoms with van der Waals surface area (Å²) in [5.41, 5.74) is 7.24. The second-order valence-electron chi connectivity index (χ2n) is 5.77. The van der Waals surface area contributed by atoms with E-state index in [9.17, 15) is 13.2 Å². The van der Waals surface area contributed by atoms with E-state index in [4.69, 9.17) is 10.5 Å². The molecule has 1 fully saturated rings. The molecule has 22 heavy (non-hydrogen) atoms. The van der Waals surface area contributed by atoms with E-state index in [0.29, 0.717) is 30.1 Å². The lowest BCUT2D eigenvalue weighted by atomic mass is 9.81. The van der Waals surface area contributed by atoms with Gasteiger partial charge in [0.1, 0.15) is 11.6 Å². The number of ether oxygens (including phenoxy) is 1. The molecule has 0 amide bonds. The van der Waals surface area contributed by atoms with Crippen molar-refractivity contribution in [3.05, 3.63) is 23.4 Å². The van der Waals surface area contributed by atoms with Crippen molar-refractivity contribution in [2.75, 3.05) is 12.8 Å². The number of rotatable bonds is 3. The van der Waals surface area contributed by atoms with Crippen LogP contribution in [0.1, 0.15) is 36.9 Å². The summed E-state index contributed by atoms with van der Waals surface area (Å²) in [4.78, 5) is 4.13. The molecule has 0 aliphatic heterocycles. The Morgan fingerprint density at radius 3 is 2.45 bits per heavy atom. The van der Waals surface area contributed by atoms with Crippen LogP contribution in [0.3, 0.4) is 0 Å². The van der Waals surface area contributed by atoms with Crippen LogP contribution in [0.2, 0.25) is 0 Å². The quantitative estimate of drug-likeness (QED) is 0.901. The van der Waals surface area contributed by atoms with Gasteiger partial charge in [0, 0.05) is 5.56 Å². The first kappa shape index (κ1) is 16.6. The Balaban J connectivity index is 2.05. The van der Waals surface area contributed by atoms with E-state index in [1.807, 2.05) is 12.2 Å².